The molecule has 0 aliphatic heterocycles. The Morgan fingerprint density at radius 2 is 1.32 bits per heavy atom. The van der Waals surface area contributed by atoms with Crippen LogP contribution in [0.15, 0.2) is 0 Å². The molecule has 2 amide bonds. The summed E-state index contributed by atoms with van der Waals surface area (Å²) in [5.41, 5.74) is 11.4. The highest BCUT2D eigenvalue weighted by atomic mass is 16.2. The Balaban J connectivity index is 3.41. The number of nitrogens with two attached hydrogens (primary N) is 2. The summed E-state index contributed by atoms with van der Waals surface area (Å²) in [5.74, 6) is 0.0504. The van der Waals surface area contributed by atoms with E-state index in [0.717, 1.165) is 84.1 Å². The standard InChI is InChI=1S/C23H50N6O2/c1-2-3-4-5-13-22(30)28-19-7-6-12-21(25)23(31)29-20-11-18-27-16-9-8-15-26-17-10-14-24/h21,26-27H,2-20,24-25H2,1H3,(H,28,30)(H,29,31)/t21-/m0/s1. The van der Waals surface area contributed by atoms with Gasteiger partial charge in [0.1, 0.15) is 0 Å². The second-order valence-corrected chi connectivity index (χ2v) is 8.26. The van der Waals surface area contributed by atoms with E-state index in [9.17, 15) is 9.59 Å². The van der Waals surface area contributed by atoms with Crippen molar-refractivity contribution < 1.29 is 9.59 Å². The molecular weight excluding hydrogens is 392 g/mol. The number of hydrogen-bond acceptors (Lipinski definition) is 6. The molecule has 0 rings (SSSR count). The quantitative estimate of drug-likeness (QED) is 0.132. The van der Waals surface area contributed by atoms with Crippen LogP contribution < -0.4 is 32.7 Å². The highest BCUT2D eigenvalue weighted by Gasteiger charge is 2.12. The largest absolute Gasteiger partial charge is 0.356 e. The average Bonchev–Trinajstić information content (AvgIpc) is 2.77. The lowest BCUT2D eigenvalue weighted by molar-refractivity contribution is -0.123. The molecule has 8 N–H and O–H groups in total. The van der Waals surface area contributed by atoms with Gasteiger partial charge in [-0.2, -0.15) is 0 Å². The third-order valence-corrected chi connectivity index (χ3v) is 5.20. The van der Waals surface area contributed by atoms with Gasteiger partial charge in [0.25, 0.3) is 0 Å². The third kappa shape index (κ3) is 21.8. The van der Waals surface area contributed by atoms with Crippen LogP contribution in [0.5, 0.6) is 0 Å². The van der Waals surface area contributed by atoms with Gasteiger partial charge in [-0.05, 0) is 84.1 Å². The molecule has 0 aromatic rings. The van der Waals surface area contributed by atoms with Gasteiger partial charge in [-0.25, -0.2) is 0 Å². The molecule has 0 fully saturated rings. The number of carbonyl (C=O) groups is 2. The Morgan fingerprint density at radius 1 is 0.710 bits per heavy atom. The summed E-state index contributed by atoms with van der Waals surface area (Å²) in [4.78, 5) is 23.7. The molecule has 0 aromatic carbocycles. The highest BCUT2D eigenvalue weighted by molar-refractivity contribution is 5.81. The Bertz CT molecular complexity index is 423. The summed E-state index contributed by atoms with van der Waals surface area (Å²) < 4.78 is 0. The van der Waals surface area contributed by atoms with Crippen LogP contribution in [0, 0.1) is 0 Å². The molecule has 0 unspecified atom stereocenters. The molecule has 0 saturated heterocycles. The molecule has 8 heteroatoms. The van der Waals surface area contributed by atoms with Crippen molar-refractivity contribution in [3.05, 3.63) is 0 Å². The van der Waals surface area contributed by atoms with Gasteiger partial charge in [-0.3, -0.25) is 9.59 Å². The van der Waals surface area contributed by atoms with Crippen LogP contribution >= 0.6 is 0 Å². The minimum Gasteiger partial charge on any atom is -0.356 e. The van der Waals surface area contributed by atoms with E-state index >= 15 is 0 Å². The lowest BCUT2D eigenvalue weighted by Crippen LogP contribution is -2.41. The molecule has 0 radical (unpaired) electrons. The monoisotopic (exact) mass is 442 g/mol. The molecule has 31 heavy (non-hydrogen) atoms. The van der Waals surface area contributed by atoms with Crippen molar-refractivity contribution in [2.24, 2.45) is 11.5 Å². The van der Waals surface area contributed by atoms with Gasteiger partial charge in [0.2, 0.25) is 11.8 Å². The Labute approximate surface area is 190 Å². The summed E-state index contributed by atoms with van der Waals surface area (Å²) in [6.07, 6.45) is 11.7. The average molecular weight is 443 g/mol. The smallest absolute Gasteiger partial charge is 0.236 e. The Morgan fingerprint density at radius 3 is 2.00 bits per heavy atom. The minimum atomic E-state index is -0.468. The lowest BCUT2D eigenvalue weighted by Gasteiger charge is -2.12. The van der Waals surface area contributed by atoms with E-state index in [1.165, 1.54) is 12.8 Å². The van der Waals surface area contributed by atoms with Gasteiger partial charge >= 0.3 is 0 Å². The van der Waals surface area contributed by atoms with Crippen LogP contribution in [0.25, 0.3) is 0 Å². The molecule has 0 aliphatic carbocycles. The molecule has 0 heterocycles. The maximum Gasteiger partial charge on any atom is 0.236 e. The summed E-state index contributed by atoms with van der Waals surface area (Å²) in [6.45, 7) is 8.16. The molecule has 0 spiro atoms. The van der Waals surface area contributed by atoms with Gasteiger partial charge in [0.15, 0.2) is 0 Å². The van der Waals surface area contributed by atoms with Crippen molar-refractivity contribution in [3.8, 4) is 0 Å². The number of amides is 2. The first-order valence-corrected chi connectivity index (χ1v) is 12.5. The second-order valence-electron chi connectivity index (χ2n) is 8.26. The van der Waals surface area contributed by atoms with E-state index in [1.54, 1.807) is 0 Å². The number of unbranched alkanes of at least 4 members (excludes halogenated alkanes) is 5. The summed E-state index contributed by atoms with van der Waals surface area (Å²) in [7, 11) is 0. The lowest BCUT2D eigenvalue weighted by atomic mass is 10.1. The third-order valence-electron chi connectivity index (χ3n) is 5.20. The van der Waals surface area contributed by atoms with E-state index < -0.39 is 6.04 Å². The molecule has 8 nitrogen and oxygen atoms in total. The molecule has 0 bridgehead atoms. The summed E-state index contributed by atoms with van der Waals surface area (Å²) in [6, 6.07) is -0.468. The van der Waals surface area contributed by atoms with Crippen LogP contribution in [0.2, 0.25) is 0 Å². The minimum absolute atomic E-state index is 0.0801. The van der Waals surface area contributed by atoms with Crippen molar-refractivity contribution in [2.75, 3.05) is 45.8 Å². The van der Waals surface area contributed by atoms with E-state index in [2.05, 4.69) is 28.2 Å². The fraction of sp³-hybridized carbons (Fsp3) is 0.913. The SMILES string of the molecule is CCCCCCC(=O)NCCCC[C@H](N)C(=O)NCCCNCCCCNCCCN. The van der Waals surface area contributed by atoms with Crippen molar-refractivity contribution in [2.45, 2.75) is 90.0 Å². The van der Waals surface area contributed by atoms with Crippen molar-refractivity contribution in [1.29, 1.82) is 0 Å². The zero-order chi connectivity index (χ0) is 23.0. The summed E-state index contributed by atoms with van der Waals surface area (Å²) in [5, 5.41) is 12.6. The molecule has 0 aliphatic rings. The molecular formula is C23H50N6O2. The molecule has 1 atom stereocenters. The van der Waals surface area contributed by atoms with E-state index in [4.69, 9.17) is 11.5 Å². The van der Waals surface area contributed by atoms with Crippen LogP contribution in [0.4, 0.5) is 0 Å². The van der Waals surface area contributed by atoms with Gasteiger partial charge in [-0.1, -0.05) is 26.2 Å². The van der Waals surface area contributed by atoms with Crippen LogP contribution in [0.1, 0.15) is 84.0 Å². The number of nitrogens with one attached hydrogen (secondary N) is 4. The highest BCUT2D eigenvalue weighted by Crippen LogP contribution is 2.03. The fourth-order valence-corrected chi connectivity index (χ4v) is 3.18. The Hall–Kier alpha value is -1.22. The fourth-order valence-electron chi connectivity index (χ4n) is 3.18. The van der Waals surface area contributed by atoms with Crippen LogP contribution in [0.3, 0.4) is 0 Å². The van der Waals surface area contributed by atoms with Crippen molar-refractivity contribution in [3.63, 3.8) is 0 Å². The molecule has 184 valence electrons. The first-order valence-electron chi connectivity index (χ1n) is 12.5. The first kappa shape index (κ1) is 29.8. The van der Waals surface area contributed by atoms with E-state index in [1.807, 2.05) is 0 Å². The molecule has 0 saturated carbocycles. The number of hydrogen-bond donors (Lipinski definition) is 6. The van der Waals surface area contributed by atoms with Gasteiger partial charge in [0.05, 0.1) is 6.04 Å². The van der Waals surface area contributed by atoms with E-state index in [-0.39, 0.29) is 11.8 Å². The summed E-state index contributed by atoms with van der Waals surface area (Å²) >= 11 is 0. The predicted octanol–water partition coefficient (Wildman–Crippen LogP) is 1.39. The van der Waals surface area contributed by atoms with Gasteiger partial charge in [-0.15, -0.1) is 0 Å². The van der Waals surface area contributed by atoms with Gasteiger partial charge in [0, 0.05) is 19.5 Å². The maximum absolute atomic E-state index is 12.0. The maximum atomic E-state index is 12.0. The van der Waals surface area contributed by atoms with Crippen molar-refractivity contribution in [1.82, 2.24) is 21.3 Å². The Kier molecular flexibility index (Phi) is 22.5. The zero-order valence-electron chi connectivity index (χ0n) is 20.0. The van der Waals surface area contributed by atoms with Crippen LogP contribution in [-0.4, -0.2) is 63.7 Å². The zero-order valence-corrected chi connectivity index (χ0v) is 20.0. The predicted molar refractivity (Wildman–Crippen MR) is 130 cm³/mol. The number of carbonyl (C=O) groups excluding carboxylic acids is 2. The van der Waals surface area contributed by atoms with Crippen molar-refractivity contribution >= 4 is 11.8 Å². The normalized spacial score (nSPS) is 12.0. The topological polar surface area (TPSA) is 134 Å². The number of rotatable bonds is 23. The second kappa shape index (κ2) is 23.4. The van der Waals surface area contributed by atoms with E-state index in [0.29, 0.717) is 25.9 Å². The first-order chi connectivity index (χ1) is 15.1. The van der Waals surface area contributed by atoms with Crippen LogP contribution in [-0.2, 0) is 9.59 Å². The van der Waals surface area contributed by atoms with Gasteiger partial charge < -0.3 is 32.7 Å². The molecule has 0 aromatic heterocycles.